The largest absolute Gasteiger partial charge is 0.346 e. The lowest BCUT2D eigenvalue weighted by Gasteiger charge is -2.24. The van der Waals surface area contributed by atoms with Crippen molar-refractivity contribution >= 4 is 38.9 Å². The van der Waals surface area contributed by atoms with Crippen LogP contribution in [0.25, 0.3) is 0 Å². The van der Waals surface area contributed by atoms with Crippen molar-refractivity contribution in [1.82, 2.24) is 5.32 Å². The minimum atomic E-state index is -3.07. The minimum Gasteiger partial charge on any atom is -0.346 e. The van der Waals surface area contributed by atoms with Gasteiger partial charge in [-0.3, -0.25) is 4.79 Å². The standard InChI is InChI=1S/C12H13Cl2NO3S/c1-12(5-6-19(17,18)7-12)15-11(16)8-3-2-4-9(13)10(8)14/h2-4H,5-7H2,1H3,(H,15,16). The second-order valence-electron chi connectivity index (χ2n) is 4.96. The number of carbonyl (C=O) groups is 1. The van der Waals surface area contributed by atoms with Crippen LogP contribution in [-0.2, 0) is 9.84 Å². The molecule has 0 aliphatic carbocycles. The van der Waals surface area contributed by atoms with Crippen LogP contribution in [0.1, 0.15) is 23.7 Å². The molecular formula is C12H13Cl2NO3S. The van der Waals surface area contributed by atoms with Gasteiger partial charge in [0.2, 0.25) is 0 Å². The van der Waals surface area contributed by atoms with Crippen LogP contribution < -0.4 is 5.32 Å². The quantitative estimate of drug-likeness (QED) is 0.909. The third kappa shape index (κ3) is 3.22. The van der Waals surface area contributed by atoms with Crippen molar-refractivity contribution in [2.75, 3.05) is 11.5 Å². The monoisotopic (exact) mass is 321 g/mol. The summed E-state index contributed by atoms with van der Waals surface area (Å²) in [7, 11) is -3.07. The van der Waals surface area contributed by atoms with Crippen molar-refractivity contribution in [2.24, 2.45) is 0 Å². The van der Waals surface area contributed by atoms with Gasteiger partial charge in [0.15, 0.2) is 9.84 Å². The fraction of sp³-hybridized carbons (Fsp3) is 0.417. The maximum Gasteiger partial charge on any atom is 0.253 e. The molecule has 0 bridgehead atoms. The van der Waals surface area contributed by atoms with E-state index in [1.807, 2.05) is 0 Å². The zero-order chi connectivity index (χ0) is 14.3. The predicted octanol–water partition coefficient (Wildman–Crippen LogP) is 2.30. The van der Waals surface area contributed by atoms with E-state index < -0.39 is 21.3 Å². The Balaban J connectivity index is 2.21. The Kier molecular flexibility index (Phi) is 3.82. The van der Waals surface area contributed by atoms with Gasteiger partial charge in [-0.15, -0.1) is 0 Å². The van der Waals surface area contributed by atoms with Crippen LogP contribution in [-0.4, -0.2) is 31.4 Å². The number of carbonyl (C=O) groups excluding carboxylic acids is 1. The number of hydrogen-bond acceptors (Lipinski definition) is 3. The van der Waals surface area contributed by atoms with Crippen molar-refractivity contribution in [3.63, 3.8) is 0 Å². The molecule has 7 heteroatoms. The van der Waals surface area contributed by atoms with Crippen molar-refractivity contribution in [3.8, 4) is 0 Å². The summed E-state index contributed by atoms with van der Waals surface area (Å²) < 4.78 is 23.0. The number of benzene rings is 1. The van der Waals surface area contributed by atoms with Gasteiger partial charge in [0.25, 0.3) is 5.91 Å². The lowest BCUT2D eigenvalue weighted by Crippen LogP contribution is -2.47. The maximum absolute atomic E-state index is 12.1. The van der Waals surface area contributed by atoms with Crippen molar-refractivity contribution in [3.05, 3.63) is 33.8 Å². The molecule has 1 unspecified atom stereocenters. The Morgan fingerprint density at radius 2 is 2.05 bits per heavy atom. The highest BCUT2D eigenvalue weighted by molar-refractivity contribution is 7.91. The lowest BCUT2D eigenvalue weighted by atomic mass is 10.0. The van der Waals surface area contributed by atoms with E-state index in [-0.39, 0.29) is 22.1 Å². The lowest BCUT2D eigenvalue weighted by molar-refractivity contribution is 0.0915. The zero-order valence-corrected chi connectivity index (χ0v) is 12.6. The van der Waals surface area contributed by atoms with Crippen LogP contribution in [0, 0.1) is 0 Å². The average Bonchev–Trinajstić information content (AvgIpc) is 2.56. The molecule has 1 saturated heterocycles. The number of hydrogen-bond donors (Lipinski definition) is 1. The fourth-order valence-corrected chi connectivity index (χ4v) is 4.61. The predicted molar refractivity (Wildman–Crippen MR) is 75.6 cm³/mol. The van der Waals surface area contributed by atoms with E-state index in [1.54, 1.807) is 25.1 Å². The van der Waals surface area contributed by atoms with Crippen LogP contribution >= 0.6 is 23.2 Å². The minimum absolute atomic E-state index is 0.0517. The van der Waals surface area contributed by atoms with Gasteiger partial charge in [0.1, 0.15) is 0 Å². The van der Waals surface area contributed by atoms with Crippen LogP contribution in [0.3, 0.4) is 0 Å². The topological polar surface area (TPSA) is 63.2 Å². The third-order valence-electron chi connectivity index (χ3n) is 3.11. The maximum atomic E-state index is 12.1. The molecule has 1 heterocycles. The Labute approximate surface area is 122 Å². The van der Waals surface area contributed by atoms with E-state index >= 15 is 0 Å². The SMILES string of the molecule is CC1(NC(=O)c2cccc(Cl)c2Cl)CCS(=O)(=O)C1. The van der Waals surface area contributed by atoms with Gasteiger partial charge < -0.3 is 5.32 Å². The molecule has 1 aromatic carbocycles. The summed E-state index contributed by atoms with van der Waals surface area (Å²) in [6, 6.07) is 4.76. The first-order valence-electron chi connectivity index (χ1n) is 5.69. The van der Waals surface area contributed by atoms with E-state index in [0.717, 1.165) is 0 Å². The molecule has 1 N–H and O–H groups in total. The summed E-state index contributed by atoms with van der Waals surface area (Å²) in [6.45, 7) is 1.72. The molecule has 1 fully saturated rings. The summed E-state index contributed by atoms with van der Waals surface area (Å²) in [4.78, 5) is 12.1. The molecule has 104 valence electrons. The first kappa shape index (κ1) is 14.6. The average molecular weight is 322 g/mol. The molecule has 1 amide bonds. The number of amides is 1. The van der Waals surface area contributed by atoms with E-state index in [9.17, 15) is 13.2 Å². The first-order chi connectivity index (χ1) is 8.72. The van der Waals surface area contributed by atoms with Crippen LogP contribution in [0.15, 0.2) is 18.2 Å². The van der Waals surface area contributed by atoms with Gasteiger partial charge in [-0.05, 0) is 25.5 Å². The number of halogens is 2. The van der Waals surface area contributed by atoms with Gasteiger partial charge in [-0.1, -0.05) is 29.3 Å². The van der Waals surface area contributed by atoms with Crippen molar-refractivity contribution < 1.29 is 13.2 Å². The molecule has 1 aromatic rings. The molecule has 0 radical (unpaired) electrons. The summed E-state index contributed by atoms with van der Waals surface area (Å²) >= 11 is 11.8. The molecular weight excluding hydrogens is 309 g/mol. The molecule has 1 aliphatic rings. The van der Waals surface area contributed by atoms with Gasteiger partial charge in [0.05, 0.1) is 32.7 Å². The molecule has 0 aromatic heterocycles. The van der Waals surface area contributed by atoms with E-state index in [2.05, 4.69) is 5.32 Å². The number of rotatable bonds is 2. The summed E-state index contributed by atoms with van der Waals surface area (Å²) in [6.07, 6.45) is 0.402. The van der Waals surface area contributed by atoms with E-state index in [0.29, 0.717) is 11.4 Å². The highest BCUT2D eigenvalue weighted by atomic mass is 35.5. The third-order valence-corrected chi connectivity index (χ3v) is 5.84. The smallest absolute Gasteiger partial charge is 0.253 e. The molecule has 19 heavy (non-hydrogen) atoms. The summed E-state index contributed by atoms with van der Waals surface area (Å²) in [5, 5.41) is 3.20. The molecule has 2 rings (SSSR count). The first-order valence-corrected chi connectivity index (χ1v) is 8.27. The molecule has 1 atom stereocenters. The van der Waals surface area contributed by atoms with E-state index in [4.69, 9.17) is 23.2 Å². The Morgan fingerprint density at radius 1 is 1.37 bits per heavy atom. The van der Waals surface area contributed by atoms with Crippen LogP contribution in [0.2, 0.25) is 10.0 Å². The molecule has 1 aliphatic heterocycles. The van der Waals surface area contributed by atoms with Crippen molar-refractivity contribution in [2.45, 2.75) is 18.9 Å². The van der Waals surface area contributed by atoms with Crippen molar-refractivity contribution in [1.29, 1.82) is 0 Å². The molecule has 0 spiro atoms. The Morgan fingerprint density at radius 3 is 2.63 bits per heavy atom. The number of sulfone groups is 1. The Bertz CT molecular complexity index is 630. The van der Waals surface area contributed by atoms with Gasteiger partial charge in [-0.2, -0.15) is 0 Å². The second kappa shape index (κ2) is 4.96. The summed E-state index contributed by atoms with van der Waals surface area (Å²) in [5.74, 6) is -0.371. The highest BCUT2D eigenvalue weighted by Crippen LogP contribution is 2.27. The van der Waals surface area contributed by atoms with E-state index in [1.165, 1.54) is 0 Å². The van der Waals surface area contributed by atoms with Crippen LogP contribution in [0.4, 0.5) is 0 Å². The Hall–Kier alpha value is -0.780. The fourth-order valence-electron chi connectivity index (χ4n) is 2.13. The molecule has 4 nitrogen and oxygen atoms in total. The highest BCUT2D eigenvalue weighted by Gasteiger charge is 2.39. The summed E-state index contributed by atoms with van der Waals surface area (Å²) in [5.41, 5.74) is -0.499. The van der Waals surface area contributed by atoms with Crippen LogP contribution in [0.5, 0.6) is 0 Å². The number of nitrogens with one attached hydrogen (secondary N) is 1. The normalized spacial score (nSPS) is 25.2. The van der Waals surface area contributed by atoms with Gasteiger partial charge >= 0.3 is 0 Å². The zero-order valence-electron chi connectivity index (χ0n) is 10.2. The van der Waals surface area contributed by atoms with Gasteiger partial charge in [-0.25, -0.2) is 8.42 Å². The second-order valence-corrected chi connectivity index (χ2v) is 7.93. The molecule has 0 saturated carbocycles. The van der Waals surface area contributed by atoms with Gasteiger partial charge in [0, 0.05) is 0 Å².